The third kappa shape index (κ3) is 1.53. The Labute approximate surface area is 110 Å². The van der Waals surface area contributed by atoms with Crippen LogP contribution in [-0.4, -0.2) is 15.0 Å². The Morgan fingerprint density at radius 1 is 0.947 bits per heavy atom. The van der Waals surface area contributed by atoms with Gasteiger partial charge in [0.25, 0.3) is 0 Å². The van der Waals surface area contributed by atoms with Gasteiger partial charge in [-0.05, 0) is 24.3 Å². The minimum absolute atomic E-state index is 0.471. The van der Waals surface area contributed by atoms with Gasteiger partial charge in [0.1, 0.15) is 23.7 Å². The number of nitrogens with zero attached hydrogens (tertiary/aromatic N) is 3. The van der Waals surface area contributed by atoms with Gasteiger partial charge in [0, 0.05) is 5.56 Å². The van der Waals surface area contributed by atoms with Crippen LogP contribution in [0.15, 0.2) is 54.6 Å². The van der Waals surface area contributed by atoms with Crippen LogP contribution in [-0.2, 0) is 6.61 Å². The molecule has 0 saturated carbocycles. The van der Waals surface area contributed by atoms with E-state index in [0.717, 1.165) is 28.4 Å². The van der Waals surface area contributed by atoms with Gasteiger partial charge in [-0.15, -0.1) is 5.10 Å². The summed E-state index contributed by atoms with van der Waals surface area (Å²) < 4.78 is 7.55. The van der Waals surface area contributed by atoms with Gasteiger partial charge in [-0.2, -0.15) is 0 Å². The maximum Gasteiger partial charge on any atom is 0.134 e. The summed E-state index contributed by atoms with van der Waals surface area (Å²) >= 11 is 0. The van der Waals surface area contributed by atoms with Gasteiger partial charge < -0.3 is 4.74 Å². The second kappa shape index (κ2) is 3.95. The molecule has 2 aromatic carbocycles. The van der Waals surface area contributed by atoms with Gasteiger partial charge in [-0.3, -0.25) is 0 Å². The maximum atomic E-state index is 5.68. The normalized spacial score (nSPS) is 12.4. The summed E-state index contributed by atoms with van der Waals surface area (Å²) in [6, 6.07) is 18.0. The summed E-state index contributed by atoms with van der Waals surface area (Å²) in [5, 5.41) is 8.47. The molecule has 0 radical (unpaired) electrons. The van der Waals surface area contributed by atoms with Crippen LogP contribution in [0.25, 0.3) is 16.9 Å². The van der Waals surface area contributed by atoms with E-state index in [-0.39, 0.29) is 0 Å². The molecule has 0 fully saturated rings. The Hall–Kier alpha value is -2.62. The van der Waals surface area contributed by atoms with E-state index >= 15 is 0 Å². The zero-order valence-corrected chi connectivity index (χ0v) is 10.2. The largest absolute Gasteiger partial charge is 0.486 e. The van der Waals surface area contributed by atoms with Gasteiger partial charge in [-0.25, -0.2) is 4.68 Å². The van der Waals surface area contributed by atoms with Crippen molar-refractivity contribution in [2.45, 2.75) is 6.61 Å². The predicted molar refractivity (Wildman–Crippen MR) is 71.1 cm³/mol. The number of fused-ring (bicyclic) bond motifs is 3. The van der Waals surface area contributed by atoms with Crippen LogP contribution in [0.3, 0.4) is 0 Å². The number of hydrogen-bond acceptors (Lipinski definition) is 3. The summed E-state index contributed by atoms with van der Waals surface area (Å²) in [5.41, 5.74) is 3.95. The smallest absolute Gasteiger partial charge is 0.134 e. The molecule has 1 aliphatic heterocycles. The van der Waals surface area contributed by atoms with Crippen molar-refractivity contribution in [3.05, 3.63) is 60.3 Å². The zero-order chi connectivity index (χ0) is 12.7. The lowest BCUT2D eigenvalue weighted by molar-refractivity contribution is 0.297. The molecule has 92 valence electrons. The molecule has 1 aromatic heterocycles. The standard InChI is InChI=1S/C15H11N3O/c1-2-6-11(7-3-1)18-15-12-8-4-5-9-14(12)19-10-13(15)16-17-18/h1-9H,10H2. The summed E-state index contributed by atoms with van der Waals surface area (Å²) in [6.45, 7) is 0.471. The molecule has 0 N–H and O–H groups in total. The molecule has 0 aliphatic carbocycles. The van der Waals surface area contributed by atoms with E-state index < -0.39 is 0 Å². The highest BCUT2D eigenvalue weighted by Gasteiger charge is 2.23. The van der Waals surface area contributed by atoms with Crippen molar-refractivity contribution in [3.8, 4) is 22.7 Å². The molecule has 19 heavy (non-hydrogen) atoms. The molecule has 0 bridgehead atoms. The number of aromatic nitrogens is 3. The lowest BCUT2D eigenvalue weighted by atomic mass is 10.1. The van der Waals surface area contributed by atoms with E-state index in [1.807, 2.05) is 59.3 Å². The summed E-state index contributed by atoms with van der Waals surface area (Å²) in [7, 11) is 0. The minimum atomic E-state index is 0.471. The van der Waals surface area contributed by atoms with Crippen LogP contribution in [0.1, 0.15) is 5.69 Å². The summed E-state index contributed by atoms with van der Waals surface area (Å²) in [4.78, 5) is 0. The van der Waals surface area contributed by atoms with Crippen molar-refractivity contribution in [2.24, 2.45) is 0 Å². The molecule has 0 saturated heterocycles. The molecule has 2 heterocycles. The van der Waals surface area contributed by atoms with Gasteiger partial charge in [0.05, 0.1) is 5.69 Å². The highest BCUT2D eigenvalue weighted by atomic mass is 16.5. The van der Waals surface area contributed by atoms with E-state index in [1.165, 1.54) is 0 Å². The Kier molecular flexibility index (Phi) is 2.14. The lowest BCUT2D eigenvalue weighted by Crippen LogP contribution is -2.07. The van der Waals surface area contributed by atoms with Crippen molar-refractivity contribution < 1.29 is 4.74 Å². The monoisotopic (exact) mass is 249 g/mol. The third-order valence-electron chi connectivity index (χ3n) is 3.25. The number of ether oxygens (including phenoxy) is 1. The van der Waals surface area contributed by atoms with Crippen LogP contribution in [0.5, 0.6) is 5.75 Å². The van der Waals surface area contributed by atoms with Crippen molar-refractivity contribution in [2.75, 3.05) is 0 Å². The fourth-order valence-electron chi connectivity index (χ4n) is 2.36. The first-order chi connectivity index (χ1) is 9.43. The van der Waals surface area contributed by atoms with E-state index in [2.05, 4.69) is 10.3 Å². The molecule has 4 nitrogen and oxygen atoms in total. The van der Waals surface area contributed by atoms with Gasteiger partial charge in [-0.1, -0.05) is 35.5 Å². The van der Waals surface area contributed by atoms with Crippen LogP contribution in [0.2, 0.25) is 0 Å². The van der Waals surface area contributed by atoms with Crippen LogP contribution >= 0.6 is 0 Å². The zero-order valence-electron chi connectivity index (χ0n) is 10.2. The van der Waals surface area contributed by atoms with Crippen molar-refractivity contribution in [3.63, 3.8) is 0 Å². The molecule has 0 spiro atoms. The molecule has 0 atom stereocenters. The fraction of sp³-hybridized carbons (Fsp3) is 0.0667. The molecular formula is C15H11N3O. The molecule has 1 aliphatic rings. The summed E-state index contributed by atoms with van der Waals surface area (Å²) in [6.07, 6.45) is 0. The molecule has 0 unspecified atom stereocenters. The van der Waals surface area contributed by atoms with Crippen LogP contribution in [0, 0.1) is 0 Å². The number of para-hydroxylation sites is 2. The third-order valence-corrected chi connectivity index (χ3v) is 3.25. The Bertz CT molecular complexity index is 734. The molecule has 3 aromatic rings. The Balaban J connectivity index is 1.97. The molecular weight excluding hydrogens is 238 g/mol. The average Bonchev–Trinajstić information content (AvgIpc) is 2.92. The minimum Gasteiger partial charge on any atom is -0.486 e. The number of rotatable bonds is 1. The van der Waals surface area contributed by atoms with Crippen molar-refractivity contribution in [1.82, 2.24) is 15.0 Å². The van der Waals surface area contributed by atoms with Crippen LogP contribution < -0.4 is 4.74 Å². The Morgan fingerprint density at radius 2 is 1.74 bits per heavy atom. The SMILES string of the molecule is c1ccc(-n2nnc3c2-c2ccccc2OC3)cc1. The predicted octanol–water partition coefficient (Wildman–Crippen LogP) is 2.83. The lowest BCUT2D eigenvalue weighted by Gasteiger charge is -2.17. The molecule has 4 rings (SSSR count). The van der Waals surface area contributed by atoms with Gasteiger partial charge in [0.2, 0.25) is 0 Å². The van der Waals surface area contributed by atoms with E-state index in [9.17, 15) is 0 Å². The van der Waals surface area contributed by atoms with Crippen LogP contribution in [0.4, 0.5) is 0 Å². The quantitative estimate of drug-likeness (QED) is 0.665. The second-order valence-electron chi connectivity index (χ2n) is 4.42. The van der Waals surface area contributed by atoms with Crippen molar-refractivity contribution >= 4 is 0 Å². The first kappa shape index (κ1) is 10.3. The second-order valence-corrected chi connectivity index (χ2v) is 4.42. The Morgan fingerprint density at radius 3 is 2.63 bits per heavy atom. The molecule has 0 amide bonds. The topological polar surface area (TPSA) is 39.9 Å². The van der Waals surface area contributed by atoms with Crippen molar-refractivity contribution in [1.29, 1.82) is 0 Å². The maximum absolute atomic E-state index is 5.68. The first-order valence-corrected chi connectivity index (χ1v) is 6.16. The number of hydrogen-bond donors (Lipinski definition) is 0. The summed E-state index contributed by atoms with van der Waals surface area (Å²) in [5.74, 6) is 0.884. The highest BCUT2D eigenvalue weighted by molar-refractivity contribution is 5.72. The number of benzene rings is 2. The highest BCUT2D eigenvalue weighted by Crippen LogP contribution is 2.37. The van der Waals surface area contributed by atoms with E-state index in [1.54, 1.807) is 0 Å². The van der Waals surface area contributed by atoms with E-state index in [0.29, 0.717) is 6.61 Å². The van der Waals surface area contributed by atoms with E-state index in [4.69, 9.17) is 4.74 Å². The molecule has 4 heteroatoms. The van der Waals surface area contributed by atoms with Gasteiger partial charge in [0.15, 0.2) is 0 Å². The first-order valence-electron chi connectivity index (χ1n) is 6.16. The fourth-order valence-corrected chi connectivity index (χ4v) is 2.36. The average molecular weight is 249 g/mol. The van der Waals surface area contributed by atoms with Gasteiger partial charge >= 0.3 is 0 Å².